The molecule has 102 valence electrons. The predicted molar refractivity (Wildman–Crippen MR) is 73.4 cm³/mol. The van der Waals surface area contributed by atoms with E-state index in [1.807, 2.05) is 42.9 Å². The van der Waals surface area contributed by atoms with E-state index in [0.717, 1.165) is 5.69 Å². The van der Waals surface area contributed by atoms with Crippen molar-refractivity contribution in [3.05, 3.63) is 61.4 Å². The van der Waals surface area contributed by atoms with Gasteiger partial charge in [-0.15, -0.1) is 10.2 Å². The summed E-state index contributed by atoms with van der Waals surface area (Å²) in [5.74, 6) is 1.21. The summed E-state index contributed by atoms with van der Waals surface area (Å²) >= 11 is 0. The molecule has 4 rings (SSSR count). The fourth-order valence-electron chi connectivity index (χ4n) is 2.02. The van der Waals surface area contributed by atoms with Crippen molar-refractivity contribution in [1.29, 1.82) is 0 Å². The van der Waals surface area contributed by atoms with Crippen molar-refractivity contribution < 1.29 is 0 Å². The van der Waals surface area contributed by atoms with Gasteiger partial charge >= 0.3 is 0 Å². The first-order chi connectivity index (χ1) is 10.4. The van der Waals surface area contributed by atoms with E-state index >= 15 is 0 Å². The van der Waals surface area contributed by atoms with Gasteiger partial charge in [-0.3, -0.25) is 0 Å². The van der Waals surface area contributed by atoms with Crippen LogP contribution in [0.3, 0.4) is 0 Å². The van der Waals surface area contributed by atoms with Crippen LogP contribution in [0.1, 0.15) is 0 Å². The molecule has 0 aliphatic rings. The van der Waals surface area contributed by atoms with Gasteiger partial charge in [0.2, 0.25) is 5.82 Å². The van der Waals surface area contributed by atoms with Gasteiger partial charge < -0.3 is 0 Å². The van der Waals surface area contributed by atoms with E-state index in [9.17, 15) is 0 Å². The summed E-state index contributed by atoms with van der Waals surface area (Å²) in [6.07, 6.45) is 10.6. The third kappa shape index (κ3) is 1.98. The Labute approximate surface area is 119 Å². The molecule has 0 amide bonds. The molecule has 0 aliphatic carbocycles. The van der Waals surface area contributed by atoms with Crippen molar-refractivity contribution in [2.75, 3.05) is 0 Å². The highest BCUT2D eigenvalue weighted by molar-refractivity contribution is 5.48. The highest BCUT2D eigenvalue weighted by Crippen LogP contribution is 2.17. The molecular weight excluding hydrogens is 268 g/mol. The van der Waals surface area contributed by atoms with Crippen LogP contribution in [-0.4, -0.2) is 39.5 Å². The van der Waals surface area contributed by atoms with E-state index in [1.54, 1.807) is 32.6 Å². The van der Waals surface area contributed by atoms with Crippen molar-refractivity contribution >= 4 is 0 Å². The summed E-state index contributed by atoms with van der Waals surface area (Å²) < 4.78 is 5.02. The van der Waals surface area contributed by atoms with Gasteiger partial charge in [0.1, 0.15) is 5.69 Å². The van der Waals surface area contributed by atoms with Gasteiger partial charge in [0, 0.05) is 43.2 Å². The molecule has 0 saturated heterocycles. The van der Waals surface area contributed by atoms with Gasteiger partial charge in [0.25, 0.3) is 0 Å². The maximum Gasteiger partial charge on any atom is 0.201 e. The van der Waals surface area contributed by atoms with Gasteiger partial charge in [-0.25, -0.2) is 14.0 Å². The summed E-state index contributed by atoms with van der Waals surface area (Å²) in [6.45, 7) is 0. The van der Waals surface area contributed by atoms with Gasteiger partial charge in [-0.1, -0.05) is 0 Å². The molecule has 21 heavy (non-hydrogen) atoms. The van der Waals surface area contributed by atoms with Crippen LogP contribution in [0.15, 0.2) is 61.4 Å². The van der Waals surface area contributed by atoms with Crippen LogP contribution in [0.5, 0.6) is 0 Å². The van der Waals surface area contributed by atoms with E-state index in [2.05, 4.69) is 25.5 Å². The van der Waals surface area contributed by atoms with E-state index < -0.39 is 0 Å². The highest BCUT2D eigenvalue weighted by Gasteiger charge is 2.13. The Hall–Kier alpha value is -3.29. The molecule has 0 aliphatic heterocycles. The number of aromatic nitrogens is 8. The number of nitrogens with zero attached hydrogens (tertiary/aromatic N) is 8. The lowest BCUT2D eigenvalue weighted by Gasteiger charge is -2.09. The van der Waals surface area contributed by atoms with Crippen LogP contribution in [0.25, 0.3) is 17.3 Å². The second-order valence-corrected chi connectivity index (χ2v) is 4.26. The van der Waals surface area contributed by atoms with Crippen LogP contribution in [0.4, 0.5) is 0 Å². The average molecular weight is 278 g/mol. The molecular formula is C13H10N8. The molecule has 0 aromatic carbocycles. The zero-order chi connectivity index (χ0) is 14.1. The molecule has 0 bridgehead atoms. The summed E-state index contributed by atoms with van der Waals surface area (Å²) in [6, 6.07) is 7.37. The van der Waals surface area contributed by atoms with Crippen molar-refractivity contribution in [3.63, 3.8) is 0 Å². The van der Waals surface area contributed by atoms with Crippen molar-refractivity contribution in [1.82, 2.24) is 39.5 Å². The molecule has 0 radical (unpaired) electrons. The van der Waals surface area contributed by atoms with Crippen LogP contribution in [-0.2, 0) is 0 Å². The molecule has 0 atom stereocenters. The van der Waals surface area contributed by atoms with Gasteiger partial charge in [-0.2, -0.15) is 15.3 Å². The zero-order valence-corrected chi connectivity index (χ0v) is 10.9. The van der Waals surface area contributed by atoms with Gasteiger partial charge in [0.15, 0.2) is 5.82 Å². The maximum absolute atomic E-state index is 4.26. The van der Waals surface area contributed by atoms with Crippen LogP contribution >= 0.6 is 0 Å². The fourth-order valence-corrected chi connectivity index (χ4v) is 2.02. The molecule has 0 unspecified atom stereocenters. The van der Waals surface area contributed by atoms with Gasteiger partial charge in [-0.05, 0) is 18.2 Å². The SMILES string of the molecule is c1cnn(-c2cc(-n3cccn3)c(-n3cccn3)nn2)c1. The van der Waals surface area contributed by atoms with E-state index in [0.29, 0.717) is 11.6 Å². The van der Waals surface area contributed by atoms with Crippen molar-refractivity contribution in [2.45, 2.75) is 0 Å². The van der Waals surface area contributed by atoms with E-state index in [-0.39, 0.29) is 0 Å². The van der Waals surface area contributed by atoms with Gasteiger partial charge in [0.05, 0.1) is 0 Å². The van der Waals surface area contributed by atoms with E-state index in [1.165, 1.54) is 0 Å². The third-order valence-corrected chi connectivity index (χ3v) is 2.95. The van der Waals surface area contributed by atoms with Crippen molar-refractivity contribution in [2.24, 2.45) is 0 Å². The number of hydrogen-bond acceptors (Lipinski definition) is 5. The monoisotopic (exact) mass is 278 g/mol. The summed E-state index contributed by atoms with van der Waals surface area (Å²) in [5, 5.41) is 21.1. The third-order valence-electron chi connectivity index (χ3n) is 2.95. The minimum Gasteiger partial charge on any atom is -0.237 e. The normalized spacial score (nSPS) is 10.9. The average Bonchev–Trinajstić information content (AvgIpc) is 3.28. The van der Waals surface area contributed by atoms with E-state index in [4.69, 9.17) is 0 Å². The first kappa shape index (κ1) is 11.5. The minimum atomic E-state index is 0.597. The van der Waals surface area contributed by atoms with Crippen LogP contribution in [0.2, 0.25) is 0 Å². The first-order valence-electron chi connectivity index (χ1n) is 6.29. The molecule has 0 N–H and O–H groups in total. The minimum absolute atomic E-state index is 0.597. The molecule has 4 aromatic heterocycles. The quantitative estimate of drug-likeness (QED) is 0.559. The molecule has 4 aromatic rings. The molecule has 8 nitrogen and oxygen atoms in total. The Bertz CT molecular complexity index is 831. The second-order valence-electron chi connectivity index (χ2n) is 4.26. The lowest BCUT2D eigenvalue weighted by molar-refractivity contribution is 0.746. The lowest BCUT2D eigenvalue weighted by Crippen LogP contribution is -2.11. The standard InChI is InChI=1S/C13H10N8/c1-4-14-19(7-1)11-10-12(20-8-2-5-15-20)17-18-13(11)21-9-3-6-16-21/h1-10H. The zero-order valence-electron chi connectivity index (χ0n) is 10.9. The summed E-state index contributed by atoms with van der Waals surface area (Å²) in [4.78, 5) is 0. The fraction of sp³-hybridized carbons (Fsp3) is 0. The largest absolute Gasteiger partial charge is 0.237 e. The Morgan fingerprint density at radius 2 is 1.29 bits per heavy atom. The Balaban J connectivity index is 1.92. The Morgan fingerprint density at radius 1 is 0.667 bits per heavy atom. The molecule has 0 saturated carbocycles. The van der Waals surface area contributed by atoms with Crippen LogP contribution < -0.4 is 0 Å². The summed E-state index contributed by atoms with van der Waals surface area (Å²) in [7, 11) is 0. The number of rotatable bonds is 3. The Morgan fingerprint density at radius 3 is 1.90 bits per heavy atom. The highest BCUT2D eigenvalue weighted by atomic mass is 15.4. The lowest BCUT2D eigenvalue weighted by atomic mass is 10.4. The topological polar surface area (TPSA) is 79.2 Å². The smallest absolute Gasteiger partial charge is 0.201 e. The first-order valence-corrected chi connectivity index (χ1v) is 6.29. The van der Waals surface area contributed by atoms with Crippen molar-refractivity contribution in [3.8, 4) is 17.3 Å². The molecule has 0 spiro atoms. The Kier molecular flexibility index (Phi) is 2.57. The molecule has 4 heterocycles. The molecule has 0 fully saturated rings. The summed E-state index contributed by atoms with van der Waals surface area (Å²) in [5.41, 5.74) is 0.768. The maximum atomic E-state index is 4.26. The molecule has 8 heteroatoms. The van der Waals surface area contributed by atoms with Crippen LogP contribution in [0, 0.1) is 0 Å². The predicted octanol–water partition coefficient (Wildman–Crippen LogP) is 1.03. The number of hydrogen-bond donors (Lipinski definition) is 0. The second kappa shape index (κ2) is 4.67.